The summed E-state index contributed by atoms with van der Waals surface area (Å²) < 4.78 is 0. The normalized spacial score (nSPS) is 11.1. The highest BCUT2D eigenvalue weighted by Gasteiger charge is 1.99. The van der Waals surface area contributed by atoms with Crippen LogP contribution in [0.3, 0.4) is 0 Å². The van der Waals surface area contributed by atoms with Crippen LogP contribution in [-0.4, -0.2) is 22.2 Å². The molecular formula is C46H92O4. The molecule has 0 aliphatic rings. The lowest BCUT2D eigenvalue weighted by Crippen LogP contribution is -1.93. The van der Waals surface area contributed by atoms with E-state index >= 15 is 0 Å². The minimum atomic E-state index is -0.655. The fourth-order valence-corrected chi connectivity index (χ4v) is 7.06. The molecule has 2 N–H and O–H groups in total. The maximum atomic E-state index is 10.4. The third kappa shape index (κ3) is 53.7. The van der Waals surface area contributed by atoms with Gasteiger partial charge >= 0.3 is 11.9 Å². The molecule has 0 amide bonds. The maximum Gasteiger partial charge on any atom is 0.303 e. The lowest BCUT2D eigenvalue weighted by molar-refractivity contribution is -0.138. The molecule has 0 bridgehead atoms. The zero-order valence-electron chi connectivity index (χ0n) is 34.4. The number of carboxylic acid groups (broad SMARTS) is 2. The summed E-state index contributed by atoms with van der Waals surface area (Å²) in [5, 5.41) is 17.1. The van der Waals surface area contributed by atoms with Crippen molar-refractivity contribution in [1.82, 2.24) is 0 Å². The molecule has 0 aliphatic heterocycles. The highest BCUT2D eigenvalue weighted by molar-refractivity contribution is 5.66. The summed E-state index contributed by atoms with van der Waals surface area (Å²) in [7, 11) is 0. The first-order valence-corrected chi connectivity index (χ1v) is 23.0. The summed E-state index contributed by atoms with van der Waals surface area (Å²) in [6.45, 7) is 4.56. The van der Waals surface area contributed by atoms with Gasteiger partial charge in [-0.1, -0.05) is 258 Å². The monoisotopic (exact) mass is 709 g/mol. The lowest BCUT2D eigenvalue weighted by Gasteiger charge is -2.04. The molecule has 0 radical (unpaired) electrons. The number of carboxylic acids is 2. The zero-order chi connectivity index (χ0) is 36.9. The van der Waals surface area contributed by atoms with E-state index in [4.69, 9.17) is 10.2 Å². The van der Waals surface area contributed by atoms with Gasteiger partial charge in [0.15, 0.2) is 0 Å². The third-order valence-corrected chi connectivity index (χ3v) is 10.5. The van der Waals surface area contributed by atoms with Crippen LogP contribution < -0.4 is 0 Å². The van der Waals surface area contributed by atoms with E-state index in [2.05, 4.69) is 13.8 Å². The second-order valence-corrected chi connectivity index (χ2v) is 15.7. The van der Waals surface area contributed by atoms with Crippen molar-refractivity contribution in [2.24, 2.45) is 0 Å². The second kappa shape index (κ2) is 47.9. The van der Waals surface area contributed by atoms with Gasteiger partial charge in [0.1, 0.15) is 0 Å². The fraction of sp³-hybridized carbons (Fsp3) is 0.957. The standard InChI is InChI=1S/C30H60O2.C16H32O2/c1-2-3-4-5-6-7-8-9-10-11-12-13-14-15-16-17-18-19-20-21-22-23-24-25-26-27-28-29-30(31)32;1-2-3-4-5-6-7-8-9-10-11-12-13-14-15-16(17)18/h2-29H2,1H3,(H,31,32);2-15H2,1H3,(H,17,18). The minimum absolute atomic E-state index is 0.345. The Morgan fingerprint density at radius 3 is 0.480 bits per heavy atom. The number of unbranched alkanes of at least 4 members (excludes halogenated alkanes) is 38. The van der Waals surface area contributed by atoms with Gasteiger partial charge < -0.3 is 10.2 Å². The number of carbonyl (C=O) groups is 2. The summed E-state index contributed by atoms with van der Waals surface area (Å²) >= 11 is 0. The van der Waals surface area contributed by atoms with E-state index in [-0.39, 0.29) is 0 Å². The van der Waals surface area contributed by atoms with Crippen molar-refractivity contribution in [1.29, 1.82) is 0 Å². The van der Waals surface area contributed by atoms with E-state index < -0.39 is 11.9 Å². The van der Waals surface area contributed by atoms with E-state index in [1.807, 2.05) is 0 Å². The van der Waals surface area contributed by atoms with Crippen molar-refractivity contribution in [3.05, 3.63) is 0 Å². The van der Waals surface area contributed by atoms with Crippen LogP contribution in [0.1, 0.15) is 284 Å². The Balaban J connectivity index is 0. The van der Waals surface area contributed by atoms with Crippen molar-refractivity contribution < 1.29 is 19.8 Å². The maximum absolute atomic E-state index is 10.4. The lowest BCUT2D eigenvalue weighted by atomic mass is 10.0. The smallest absolute Gasteiger partial charge is 0.303 e. The van der Waals surface area contributed by atoms with Gasteiger partial charge in [-0.25, -0.2) is 0 Å². The highest BCUT2D eigenvalue weighted by Crippen LogP contribution is 2.17. The van der Waals surface area contributed by atoms with Crippen LogP contribution in [0, 0.1) is 0 Å². The molecular weight excluding hydrogens is 617 g/mol. The predicted molar refractivity (Wildman–Crippen MR) is 221 cm³/mol. The Kier molecular flexibility index (Phi) is 48.9. The summed E-state index contributed by atoms with van der Waals surface area (Å²) in [6.07, 6.45) is 55.2. The molecule has 4 nitrogen and oxygen atoms in total. The van der Waals surface area contributed by atoms with E-state index in [0.29, 0.717) is 12.8 Å². The van der Waals surface area contributed by atoms with E-state index in [0.717, 1.165) is 25.7 Å². The van der Waals surface area contributed by atoms with Crippen molar-refractivity contribution in [2.75, 3.05) is 0 Å². The molecule has 0 atom stereocenters. The van der Waals surface area contributed by atoms with Gasteiger partial charge in [-0.15, -0.1) is 0 Å². The van der Waals surface area contributed by atoms with Crippen molar-refractivity contribution >= 4 is 11.9 Å². The molecule has 300 valence electrons. The van der Waals surface area contributed by atoms with Gasteiger partial charge in [-0.2, -0.15) is 0 Å². The number of hydrogen-bond donors (Lipinski definition) is 2. The summed E-state index contributed by atoms with van der Waals surface area (Å²) in [4.78, 5) is 20.7. The minimum Gasteiger partial charge on any atom is -0.481 e. The van der Waals surface area contributed by atoms with Crippen LogP contribution in [0.25, 0.3) is 0 Å². The van der Waals surface area contributed by atoms with Gasteiger partial charge in [-0.3, -0.25) is 9.59 Å². The first-order valence-electron chi connectivity index (χ1n) is 23.0. The van der Waals surface area contributed by atoms with Gasteiger partial charge in [-0.05, 0) is 12.8 Å². The predicted octanol–water partition coefficient (Wildman–Crippen LogP) is 16.6. The van der Waals surface area contributed by atoms with Crippen molar-refractivity contribution in [2.45, 2.75) is 284 Å². The largest absolute Gasteiger partial charge is 0.481 e. The van der Waals surface area contributed by atoms with Crippen LogP contribution >= 0.6 is 0 Å². The molecule has 0 aromatic heterocycles. The van der Waals surface area contributed by atoms with Gasteiger partial charge in [0.05, 0.1) is 0 Å². The highest BCUT2D eigenvalue weighted by atomic mass is 16.4. The second-order valence-electron chi connectivity index (χ2n) is 15.7. The van der Waals surface area contributed by atoms with Crippen LogP contribution in [0.15, 0.2) is 0 Å². The summed E-state index contributed by atoms with van der Waals surface area (Å²) in [6, 6.07) is 0. The van der Waals surface area contributed by atoms with Gasteiger partial charge in [0.2, 0.25) is 0 Å². The molecule has 0 fully saturated rings. The van der Waals surface area contributed by atoms with E-state index in [1.165, 1.54) is 231 Å². The topological polar surface area (TPSA) is 74.6 Å². The third-order valence-electron chi connectivity index (χ3n) is 10.5. The average molecular weight is 709 g/mol. The first kappa shape index (κ1) is 51.0. The summed E-state index contributed by atoms with van der Waals surface area (Å²) in [5.41, 5.74) is 0. The Morgan fingerprint density at radius 1 is 0.240 bits per heavy atom. The molecule has 0 spiro atoms. The molecule has 0 aromatic rings. The molecule has 0 saturated heterocycles. The Labute approximate surface area is 314 Å². The van der Waals surface area contributed by atoms with Gasteiger partial charge in [0.25, 0.3) is 0 Å². The quantitative estimate of drug-likeness (QED) is 0.0619. The van der Waals surface area contributed by atoms with Crippen molar-refractivity contribution in [3.8, 4) is 0 Å². The van der Waals surface area contributed by atoms with E-state index in [9.17, 15) is 9.59 Å². The molecule has 4 heteroatoms. The van der Waals surface area contributed by atoms with Gasteiger partial charge in [0, 0.05) is 12.8 Å². The fourth-order valence-electron chi connectivity index (χ4n) is 7.06. The molecule has 50 heavy (non-hydrogen) atoms. The molecule has 0 unspecified atom stereocenters. The molecule has 0 saturated carbocycles. The molecule has 0 rings (SSSR count). The Bertz CT molecular complexity index is 634. The Morgan fingerprint density at radius 2 is 0.360 bits per heavy atom. The molecule has 0 aliphatic carbocycles. The first-order chi connectivity index (χ1) is 24.5. The van der Waals surface area contributed by atoms with Crippen molar-refractivity contribution in [3.63, 3.8) is 0 Å². The molecule has 0 heterocycles. The zero-order valence-corrected chi connectivity index (χ0v) is 34.4. The Hall–Kier alpha value is -1.06. The average Bonchev–Trinajstić information content (AvgIpc) is 3.10. The number of rotatable bonds is 42. The van der Waals surface area contributed by atoms with Crippen LogP contribution in [-0.2, 0) is 9.59 Å². The SMILES string of the molecule is CCCCCCCCCCCCCCCC(=O)O.CCCCCCCCCCCCCCCCCCCCCCCCCCCCCC(=O)O. The van der Waals surface area contributed by atoms with E-state index in [1.54, 1.807) is 0 Å². The van der Waals surface area contributed by atoms with Crippen LogP contribution in [0.5, 0.6) is 0 Å². The van der Waals surface area contributed by atoms with Crippen LogP contribution in [0.4, 0.5) is 0 Å². The van der Waals surface area contributed by atoms with Crippen LogP contribution in [0.2, 0.25) is 0 Å². The summed E-state index contributed by atoms with van der Waals surface area (Å²) in [5.74, 6) is -1.30. The number of hydrogen-bond acceptors (Lipinski definition) is 2. The number of aliphatic carboxylic acids is 2. The molecule has 0 aromatic carbocycles.